The average molecular weight is 349 g/mol. The van der Waals surface area contributed by atoms with Gasteiger partial charge in [0.1, 0.15) is 0 Å². The fourth-order valence-corrected chi connectivity index (χ4v) is 3.27. The highest BCUT2D eigenvalue weighted by Gasteiger charge is 2.11. The Morgan fingerprint density at radius 1 is 0.920 bits per heavy atom. The third-order valence-corrected chi connectivity index (χ3v) is 4.97. The SMILES string of the molecule is Cc1ccc(C(=O)c2cccc(NC(=O)Cc3cccs3)c2)cc1C. The Bertz CT molecular complexity index is 913. The molecule has 0 spiro atoms. The van der Waals surface area contributed by atoms with E-state index in [4.69, 9.17) is 0 Å². The minimum Gasteiger partial charge on any atom is -0.326 e. The predicted molar refractivity (Wildman–Crippen MR) is 102 cm³/mol. The van der Waals surface area contributed by atoms with Crippen LogP contribution in [0, 0.1) is 13.8 Å². The topological polar surface area (TPSA) is 46.2 Å². The number of rotatable bonds is 5. The maximum Gasteiger partial charge on any atom is 0.229 e. The molecular weight excluding hydrogens is 330 g/mol. The largest absolute Gasteiger partial charge is 0.326 e. The van der Waals surface area contributed by atoms with Crippen molar-refractivity contribution in [2.24, 2.45) is 0 Å². The second kappa shape index (κ2) is 7.45. The first-order chi connectivity index (χ1) is 12.0. The van der Waals surface area contributed by atoms with E-state index >= 15 is 0 Å². The molecule has 3 aromatic rings. The number of benzene rings is 2. The summed E-state index contributed by atoms with van der Waals surface area (Å²) in [5.41, 5.74) is 4.11. The summed E-state index contributed by atoms with van der Waals surface area (Å²) in [7, 11) is 0. The van der Waals surface area contributed by atoms with Crippen LogP contribution in [0.1, 0.15) is 31.9 Å². The highest BCUT2D eigenvalue weighted by molar-refractivity contribution is 7.10. The lowest BCUT2D eigenvalue weighted by molar-refractivity contribution is -0.115. The van der Waals surface area contributed by atoms with Crippen molar-refractivity contribution in [2.45, 2.75) is 20.3 Å². The van der Waals surface area contributed by atoms with Crippen molar-refractivity contribution in [3.05, 3.63) is 87.1 Å². The van der Waals surface area contributed by atoms with Crippen molar-refractivity contribution < 1.29 is 9.59 Å². The molecule has 3 nitrogen and oxygen atoms in total. The fourth-order valence-electron chi connectivity index (χ4n) is 2.56. The Morgan fingerprint density at radius 3 is 2.44 bits per heavy atom. The van der Waals surface area contributed by atoms with Gasteiger partial charge in [0.2, 0.25) is 5.91 Å². The molecule has 0 saturated carbocycles. The van der Waals surface area contributed by atoms with E-state index in [0.717, 1.165) is 16.0 Å². The Balaban J connectivity index is 1.75. The Hall–Kier alpha value is -2.72. The van der Waals surface area contributed by atoms with Crippen molar-refractivity contribution in [3.8, 4) is 0 Å². The van der Waals surface area contributed by atoms with Gasteiger partial charge < -0.3 is 5.32 Å². The molecule has 4 heteroatoms. The number of carbonyl (C=O) groups is 2. The van der Waals surface area contributed by atoms with E-state index < -0.39 is 0 Å². The molecule has 0 saturated heterocycles. The first-order valence-corrected chi connectivity index (χ1v) is 8.95. The third-order valence-electron chi connectivity index (χ3n) is 4.09. The van der Waals surface area contributed by atoms with Crippen molar-refractivity contribution in [2.75, 3.05) is 5.32 Å². The standard InChI is InChI=1S/C21H19NO2S/c1-14-8-9-17(11-15(14)2)21(24)16-5-3-6-18(12-16)22-20(23)13-19-7-4-10-25-19/h3-12H,13H2,1-2H3,(H,22,23). The number of carbonyl (C=O) groups excluding carboxylic acids is 2. The number of aryl methyl sites for hydroxylation is 2. The molecule has 0 aliphatic carbocycles. The van der Waals surface area contributed by atoms with Crippen LogP contribution in [0.4, 0.5) is 5.69 Å². The molecule has 1 heterocycles. The van der Waals surface area contributed by atoms with E-state index in [-0.39, 0.29) is 11.7 Å². The average Bonchev–Trinajstić information content (AvgIpc) is 3.09. The Kier molecular flexibility index (Phi) is 5.10. The molecule has 0 aliphatic rings. The number of amides is 1. The van der Waals surface area contributed by atoms with Crippen LogP contribution in [0.5, 0.6) is 0 Å². The molecule has 0 bridgehead atoms. The molecule has 126 valence electrons. The zero-order chi connectivity index (χ0) is 17.8. The molecule has 0 atom stereocenters. The van der Waals surface area contributed by atoms with Gasteiger partial charge in [-0.15, -0.1) is 11.3 Å². The van der Waals surface area contributed by atoms with Gasteiger partial charge in [-0.1, -0.05) is 30.3 Å². The summed E-state index contributed by atoms with van der Waals surface area (Å²) in [6, 6.07) is 16.6. The van der Waals surface area contributed by atoms with Gasteiger partial charge in [-0.3, -0.25) is 9.59 Å². The third kappa shape index (κ3) is 4.22. The lowest BCUT2D eigenvalue weighted by Gasteiger charge is -2.08. The summed E-state index contributed by atoms with van der Waals surface area (Å²) in [6.45, 7) is 4.01. The fraction of sp³-hybridized carbons (Fsp3) is 0.143. The smallest absolute Gasteiger partial charge is 0.229 e. The Morgan fingerprint density at radius 2 is 1.72 bits per heavy atom. The number of nitrogens with one attached hydrogen (secondary N) is 1. The van der Waals surface area contributed by atoms with Gasteiger partial charge in [0.05, 0.1) is 6.42 Å². The van der Waals surface area contributed by atoms with Gasteiger partial charge in [0, 0.05) is 21.7 Å². The second-order valence-corrected chi connectivity index (χ2v) is 7.05. The summed E-state index contributed by atoms with van der Waals surface area (Å²) >= 11 is 1.55. The molecule has 1 N–H and O–H groups in total. The molecule has 0 fully saturated rings. The van der Waals surface area contributed by atoms with Gasteiger partial charge >= 0.3 is 0 Å². The molecule has 1 amide bonds. The number of hydrogen-bond acceptors (Lipinski definition) is 3. The van der Waals surface area contributed by atoms with Crippen LogP contribution in [0.2, 0.25) is 0 Å². The van der Waals surface area contributed by atoms with E-state index in [1.165, 1.54) is 0 Å². The normalized spacial score (nSPS) is 10.5. The lowest BCUT2D eigenvalue weighted by atomic mass is 9.99. The monoisotopic (exact) mass is 349 g/mol. The van der Waals surface area contributed by atoms with Gasteiger partial charge in [0.25, 0.3) is 0 Å². The van der Waals surface area contributed by atoms with E-state index in [0.29, 0.717) is 23.2 Å². The van der Waals surface area contributed by atoms with Crippen LogP contribution in [-0.2, 0) is 11.2 Å². The van der Waals surface area contributed by atoms with Crippen LogP contribution < -0.4 is 5.32 Å². The quantitative estimate of drug-likeness (QED) is 0.674. The van der Waals surface area contributed by atoms with E-state index in [2.05, 4.69) is 5.32 Å². The summed E-state index contributed by atoms with van der Waals surface area (Å²) in [4.78, 5) is 25.8. The van der Waals surface area contributed by atoms with Crippen LogP contribution in [0.15, 0.2) is 60.0 Å². The van der Waals surface area contributed by atoms with Crippen LogP contribution in [-0.4, -0.2) is 11.7 Å². The molecule has 25 heavy (non-hydrogen) atoms. The van der Waals surface area contributed by atoms with Gasteiger partial charge in [-0.05, 0) is 54.6 Å². The van der Waals surface area contributed by atoms with Gasteiger partial charge in [-0.25, -0.2) is 0 Å². The van der Waals surface area contributed by atoms with Crippen LogP contribution >= 0.6 is 11.3 Å². The second-order valence-electron chi connectivity index (χ2n) is 6.01. The molecule has 2 aromatic carbocycles. The highest BCUT2D eigenvalue weighted by Crippen LogP contribution is 2.18. The minimum atomic E-state index is -0.0850. The summed E-state index contributed by atoms with van der Waals surface area (Å²) in [5, 5.41) is 4.81. The molecule has 0 unspecified atom stereocenters. The predicted octanol–water partition coefficient (Wildman–Crippen LogP) is 4.78. The van der Waals surface area contributed by atoms with Crippen molar-refractivity contribution in [1.29, 1.82) is 0 Å². The molecule has 0 radical (unpaired) electrons. The maximum atomic E-state index is 12.7. The number of ketones is 1. The number of anilines is 1. The van der Waals surface area contributed by atoms with Crippen molar-refractivity contribution in [1.82, 2.24) is 0 Å². The number of thiophene rings is 1. The molecule has 0 aliphatic heterocycles. The van der Waals surface area contributed by atoms with Gasteiger partial charge in [-0.2, -0.15) is 0 Å². The maximum absolute atomic E-state index is 12.7. The summed E-state index contributed by atoms with van der Waals surface area (Å²) < 4.78 is 0. The summed E-state index contributed by atoms with van der Waals surface area (Å²) in [6.07, 6.45) is 0.340. The van der Waals surface area contributed by atoms with Crippen LogP contribution in [0.25, 0.3) is 0 Å². The van der Waals surface area contributed by atoms with Gasteiger partial charge in [0.15, 0.2) is 5.78 Å². The first-order valence-electron chi connectivity index (χ1n) is 8.07. The highest BCUT2D eigenvalue weighted by atomic mass is 32.1. The molecular formula is C21H19NO2S. The lowest BCUT2D eigenvalue weighted by Crippen LogP contribution is -2.14. The zero-order valence-corrected chi connectivity index (χ0v) is 15.0. The van der Waals surface area contributed by atoms with Crippen molar-refractivity contribution in [3.63, 3.8) is 0 Å². The molecule has 1 aromatic heterocycles. The first kappa shape index (κ1) is 17.1. The van der Waals surface area contributed by atoms with E-state index in [1.54, 1.807) is 35.6 Å². The van der Waals surface area contributed by atoms with Crippen molar-refractivity contribution >= 4 is 28.7 Å². The Labute approximate surface area is 151 Å². The zero-order valence-electron chi connectivity index (χ0n) is 14.2. The van der Waals surface area contributed by atoms with E-state index in [9.17, 15) is 9.59 Å². The van der Waals surface area contributed by atoms with E-state index in [1.807, 2.05) is 49.6 Å². The number of hydrogen-bond donors (Lipinski definition) is 1. The van der Waals surface area contributed by atoms with Crippen LogP contribution in [0.3, 0.4) is 0 Å². The minimum absolute atomic E-state index is 0.0440. The molecule has 3 rings (SSSR count). The summed E-state index contributed by atoms with van der Waals surface area (Å²) in [5.74, 6) is -0.129.